The topological polar surface area (TPSA) is 49.8 Å². The highest BCUT2D eigenvalue weighted by atomic mass is 16.5. The van der Waals surface area contributed by atoms with E-state index in [-0.39, 0.29) is 24.5 Å². The Morgan fingerprint density at radius 1 is 1.35 bits per heavy atom. The molecule has 1 heterocycles. The molecule has 1 N–H and O–H groups in total. The fraction of sp³-hybridized carbons (Fsp3) is 0.938. The summed E-state index contributed by atoms with van der Waals surface area (Å²) in [4.78, 5) is 14.3. The third-order valence-corrected chi connectivity index (χ3v) is 4.90. The lowest BCUT2D eigenvalue weighted by molar-refractivity contribution is -0.141. The summed E-state index contributed by atoms with van der Waals surface area (Å²) in [6.07, 6.45) is 7.19. The Labute approximate surface area is 122 Å². The molecule has 1 aliphatic carbocycles. The normalized spacial score (nSPS) is 34.5. The predicted octanol–water partition coefficient (Wildman–Crippen LogP) is 2.35. The molecule has 1 aliphatic heterocycles. The Morgan fingerprint density at radius 2 is 2.15 bits per heavy atom. The number of amides is 1. The molecule has 2 aliphatic rings. The van der Waals surface area contributed by atoms with E-state index >= 15 is 0 Å². The quantitative estimate of drug-likeness (QED) is 0.788. The minimum absolute atomic E-state index is 0.0994. The molecule has 0 aromatic carbocycles. The molecule has 0 radical (unpaired) electrons. The molecule has 0 bridgehead atoms. The van der Waals surface area contributed by atoms with Gasteiger partial charge in [0.25, 0.3) is 0 Å². The number of nitrogens with zero attached hydrogens (tertiary/aromatic N) is 1. The zero-order chi connectivity index (χ0) is 14.6. The van der Waals surface area contributed by atoms with E-state index in [1.54, 1.807) is 0 Å². The van der Waals surface area contributed by atoms with E-state index in [2.05, 4.69) is 0 Å². The average Bonchev–Trinajstić information content (AvgIpc) is 2.87. The first-order valence-corrected chi connectivity index (χ1v) is 8.16. The lowest BCUT2D eigenvalue weighted by Gasteiger charge is -2.43. The number of aliphatic hydroxyl groups is 1. The van der Waals surface area contributed by atoms with Gasteiger partial charge in [-0.2, -0.15) is 0 Å². The summed E-state index contributed by atoms with van der Waals surface area (Å²) in [7, 11) is 0. The number of likely N-dealkylation sites (tertiary alicyclic amines) is 1. The summed E-state index contributed by atoms with van der Waals surface area (Å²) in [5.74, 6) is 0.330. The molecule has 0 unspecified atom stereocenters. The summed E-state index contributed by atoms with van der Waals surface area (Å²) >= 11 is 0. The molecule has 0 aromatic heterocycles. The van der Waals surface area contributed by atoms with Crippen molar-refractivity contribution in [2.75, 3.05) is 19.8 Å². The first-order chi connectivity index (χ1) is 9.56. The van der Waals surface area contributed by atoms with Crippen molar-refractivity contribution in [1.29, 1.82) is 0 Å². The van der Waals surface area contributed by atoms with Crippen molar-refractivity contribution >= 4 is 5.91 Å². The van der Waals surface area contributed by atoms with Crippen LogP contribution < -0.4 is 0 Å². The van der Waals surface area contributed by atoms with E-state index in [9.17, 15) is 9.90 Å². The molecule has 0 spiro atoms. The monoisotopic (exact) mass is 283 g/mol. The van der Waals surface area contributed by atoms with Crippen LogP contribution in [-0.4, -0.2) is 47.3 Å². The highest BCUT2D eigenvalue weighted by Gasteiger charge is 2.44. The third kappa shape index (κ3) is 3.53. The SMILES string of the molecule is CCCOCC(=O)N1CCC[C@@H]1[C@H]1CCCC[C@]1(C)O. The standard InChI is InChI=1S/C16H29NO3/c1-3-11-20-12-15(18)17-10-6-8-14(17)13-7-4-5-9-16(13,2)19/h13-14,19H,3-12H2,1-2H3/t13-,14-,16+/m1/s1. The van der Waals surface area contributed by atoms with Crippen LogP contribution in [0.15, 0.2) is 0 Å². The molecular weight excluding hydrogens is 254 g/mol. The van der Waals surface area contributed by atoms with E-state index in [1.165, 1.54) is 6.42 Å². The highest BCUT2D eigenvalue weighted by molar-refractivity contribution is 5.78. The van der Waals surface area contributed by atoms with Crippen LogP contribution in [-0.2, 0) is 9.53 Å². The van der Waals surface area contributed by atoms with Crippen molar-refractivity contribution in [3.63, 3.8) is 0 Å². The van der Waals surface area contributed by atoms with Crippen molar-refractivity contribution in [3.8, 4) is 0 Å². The minimum Gasteiger partial charge on any atom is -0.390 e. The summed E-state index contributed by atoms with van der Waals surface area (Å²) < 4.78 is 5.39. The maximum Gasteiger partial charge on any atom is 0.248 e. The van der Waals surface area contributed by atoms with Crippen molar-refractivity contribution in [3.05, 3.63) is 0 Å². The lowest BCUT2D eigenvalue weighted by Crippen LogP contribution is -2.51. The average molecular weight is 283 g/mol. The molecule has 116 valence electrons. The maximum absolute atomic E-state index is 12.3. The lowest BCUT2D eigenvalue weighted by atomic mass is 9.72. The number of carbonyl (C=O) groups excluding carboxylic acids is 1. The van der Waals surface area contributed by atoms with Gasteiger partial charge < -0.3 is 14.7 Å². The van der Waals surface area contributed by atoms with Crippen molar-refractivity contribution in [1.82, 2.24) is 4.90 Å². The minimum atomic E-state index is -0.615. The summed E-state index contributed by atoms with van der Waals surface area (Å²) in [5, 5.41) is 10.6. The zero-order valence-electron chi connectivity index (χ0n) is 12.9. The first-order valence-electron chi connectivity index (χ1n) is 8.16. The Hall–Kier alpha value is -0.610. The number of hydrogen-bond acceptors (Lipinski definition) is 3. The number of hydrogen-bond donors (Lipinski definition) is 1. The second kappa shape index (κ2) is 6.90. The summed E-state index contributed by atoms with van der Waals surface area (Å²) in [6, 6.07) is 0.211. The molecule has 0 aromatic rings. The Balaban J connectivity index is 1.97. The molecule has 4 nitrogen and oxygen atoms in total. The Bertz CT molecular complexity index is 330. The van der Waals surface area contributed by atoms with Crippen LogP contribution >= 0.6 is 0 Å². The van der Waals surface area contributed by atoms with Crippen LogP contribution in [0.2, 0.25) is 0 Å². The van der Waals surface area contributed by atoms with Gasteiger partial charge in [0.05, 0.1) is 5.60 Å². The molecule has 1 saturated carbocycles. The second-order valence-electron chi connectivity index (χ2n) is 6.56. The van der Waals surface area contributed by atoms with Gasteiger partial charge in [-0.15, -0.1) is 0 Å². The number of carbonyl (C=O) groups is 1. The Kier molecular flexibility index (Phi) is 5.44. The van der Waals surface area contributed by atoms with Gasteiger partial charge in [-0.25, -0.2) is 0 Å². The van der Waals surface area contributed by atoms with E-state index in [0.717, 1.165) is 45.1 Å². The molecular formula is C16H29NO3. The van der Waals surface area contributed by atoms with Gasteiger partial charge in [0.1, 0.15) is 6.61 Å². The molecule has 1 amide bonds. The fourth-order valence-electron chi connectivity index (χ4n) is 3.86. The molecule has 4 heteroatoms. The van der Waals surface area contributed by atoms with Crippen LogP contribution in [0.25, 0.3) is 0 Å². The maximum atomic E-state index is 12.3. The summed E-state index contributed by atoms with van der Waals surface area (Å²) in [6.45, 7) is 5.66. The van der Waals surface area contributed by atoms with E-state index < -0.39 is 5.60 Å². The third-order valence-electron chi connectivity index (χ3n) is 4.90. The van der Waals surface area contributed by atoms with Gasteiger partial charge in [0.2, 0.25) is 5.91 Å². The van der Waals surface area contributed by atoms with Crippen molar-refractivity contribution in [2.45, 2.75) is 70.4 Å². The molecule has 3 atom stereocenters. The summed E-state index contributed by atoms with van der Waals surface area (Å²) in [5.41, 5.74) is -0.615. The molecule has 20 heavy (non-hydrogen) atoms. The largest absolute Gasteiger partial charge is 0.390 e. The first kappa shape index (κ1) is 15.8. The zero-order valence-corrected chi connectivity index (χ0v) is 12.9. The van der Waals surface area contributed by atoms with Gasteiger partial charge in [0.15, 0.2) is 0 Å². The van der Waals surface area contributed by atoms with Gasteiger partial charge in [-0.3, -0.25) is 4.79 Å². The van der Waals surface area contributed by atoms with Crippen LogP contribution in [0.1, 0.15) is 58.8 Å². The number of rotatable bonds is 5. The highest BCUT2D eigenvalue weighted by Crippen LogP contribution is 2.40. The van der Waals surface area contributed by atoms with E-state index in [4.69, 9.17) is 4.74 Å². The predicted molar refractivity (Wildman–Crippen MR) is 78.4 cm³/mol. The smallest absolute Gasteiger partial charge is 0.248 e. The van der Waals surface area contributed by atoms with Crippen LogP contribution in [0.4, 0.5) is 0 Å². The van der Waals surface area contributed by atoms with Crippen LogP contribution in [0, 0.1) is 5.92 Å². The van der Waals surface area contributed by atoms with Crippen molar-refractivity contribution in [2.24, 2.45) is 5.92 Å². The van der Waals surface area contributed by atoms with Crippen LogP contribution in [0.5, 0.6) is 0 Å². The number of ether oxygens (including phenoxy) is 1. The van der Waals surface area contributed by atoms with Gasteiger partial charge in [-0.05, 0) is 39.0 Å². The second-order valence-corrected chi connectivity index (χ2v) is 6.56. The molecule has 1 saturated heterocycles. The van der Waals surface area contributed by atoms with Crippen LogP contribution in [0.3, 0.4) is 0 Å². The van der Waals surface area contributed by atoms with Gasteiger partial charge in [0, 0.05) is 25.1 Å². The van der Waals surface area contributed by atoms with Gasteiger partial charge in [-0.1, -0.05) is 19.8 Å². The fourth-order valence-corrected chi connectivity index (χ4v) is 3.86. The molecule has 2 fully saturated rings. The molecule has 2 rings (SSSR count). The van der Waals surface area contributed by atoms with E-state index in [0.29, 0.717) is 6.61 Å². The van der Waals surface area contributed by atoms with E-state index in [1.807, 2.05) is 18.7 Å². The van der Waals surface area contributed by atoms with Crippen molar-refractivity contribution < 1.29 is 14.6 Å². The Morgan fingerprint density at radius 3 is 2.85 bits per heavy atom. The van der Waals surface area contributed by atoms with Gasteiger partial charge >= 0.3 is 0 Å².